The van der Waals surface area contributed by atoms with Gasteiger partial charge in [0.25, 0.3) is 0 Å². The molecule has 44 heavy (non-hydrogen) atoms. The number of fused-ring (bicyclic) bond motifs is 2. The van der Waals surface area contributed by atoms with E-state index in [9.17, 15) is 9.59 Å². The van der Waals surface area contributed by atoms with Gasteiger partial charge in [-0.05, 0) is 71.9 Å². The molecule has 4 aromatic heterocycles. The van der Waals surface area contributed by atoms with Crippen LogP contribution in [-0.2, 0) is 9.47 Å². The first-order valence-corrected chi connectivity index (χ1v) is 14.9. The number of hydrogen-bond donors (Lipinski definition) is 0. The zero-order valence-electron chi connectivity index (χ0n) is 26.9. The number of methoxy groups -OCH3 is 1. The van der Waals surface area contributed by atoms with Gasteiger partial charge in [-0.25, -0.2) is 28.0 Å². The number of aromatic nitrogens is 5. The van der Waals surface area contributed by atoms with Crippen molar-refractivity contribution >= 4 is 28.7 Å². The summed E-state index contributed by atoms with van der Waals surface area (Å²) in [5.74, 6) is -0.420. The van der Waals surface area contributed by atoms with Gasteiger partial charge >= 0.3 is 12.2 Å². The number of carbonyl (C=O) groups is 2. The Kier molecular flexibility index (Phi) is 8.06. The minimum Gasteiger partial charge on any atom is -0.493 e. The average molecular weight is 609 g/mol. The molecule has 12 heteroatoms. The minimum atomic E-state index is -0.801. The van der Waals surface area contributed by atoms with Gasteiger partial charge in [-0.2, -0.15) is 5.10 Å². The minimum absolute atomic E-state index is 0.188. The number of hydrogen-bond acceptors (Lipinski definition) is 8. The van der Waals surface area contributed by atoms with Crippen LogP contribution >= 0.6 is 0 Å². The van der Waals surface area contributed by atoms with E-state index in [2.05, 4.69) is 15.1 Å². The van der Waals surface area contributed by atoms with E-state index in [1.54, 1.807) is 48.6 Å². The highest BCUT2D eigenvalue weighted by atomic mass is 19.1. The summed E-state index contributed by atoms with van der Waals surface area (Å²) in [7, 11) is 1.53. The summed E-state index contributed by atoms with van der Waals surface area (Å²) in [5.41, 5.74) is 1.43. The maximum Gasteiger partial charge on any atom is 0.419 e. The van der Waals surface area contributed by atoms with E-state index in [1.807, 2.05) is 34.6 Å². The zero-order chi connectivity index (χ0) is 32.1. The Morgan fingerprint density at radius 1 is 1.00 bits per heavy atom. The second-order valence-electron chi connectivity index (χ2n) is 13.5. The normalized spacial score (nSPS) is 14.9. The van der Waals surface area contributed by atoms with E-state index in [1.165, 1.54) is 18.0 Å². The zero-order valence-corrected chi connectivity index (χ0v) is 26.9. The first-order chi connectivity index (χ1) is 20.6. The monoisotopic (exact) mass is 608 g/mol. The molecule has 0 spiro atoms. The van der Waals surface area contributed by atoms with Crippen molar-refractivity contribution in [3.05, 3.63) is 41.9 Å². The number of carbonyl (C=O) groups excluding carboxylic acids is 2. The first kappa shape index (κ1) is 31.2. The third-order valence-electron chi connectivity index (χ3n) is 7.54. The maximum atomic E-state index is 16.8. The smallest absolute Gasteiger partial charge is 0.419 e. The van der Waals surface area contributed by atoms with Crippen molar-refractivity contribution in [2.45, 2.75) is 91.3 Å². The molecule has 1 amide bonds. The Hall–Kier alpha value is -4.22. The number of piperidine rings is 1. The van der Waals surface area contributed by atoms with E-state index < -0.39 is 23.1 Å². The lowest BCUT2D eigenvalue weighted by Gasteiger charge is -2.33. The van der Waals surface area contributed by atoms with Crippen LogP contribution < -0.4 is 4.74 Å². The number of halogens is 1. The third-order valence-corrected chi connectivity index (χ3v) is 7.54. The quantitative estimate of drug-likeness (QED) is 0.246. The molecule has 1 saturated heterocycles. The van der Waals surface area contributed by atoms with Gasteiger partial charge in [-0.1, -0.05) is 13.8 Å². The number of nitrogens with zero attached hydrogens (tertiary/aromatic N) is 6. The molecule has 1 fully saturated rings. The number of pyridine rings is 2. The van der Waals surface area contributed by atoms with Crippen LogP contribution in [0.2, 0.25) is 0 Å². The molecule has 0 radical (unpaired) electrons. The molecule has 0 N–H and O–H groups in total. The Morgan fingerprint density at radius 2 is 1.64 bits per heavy atom. The second-order valence-corrected chi connectivity index (χ2v) is 13.5. The molecular weight excluding hydrogens is 567 g/mol. The Balaban J connectivity index is 1.66. The van der Waals surface area contributed by atoms with E-state index in [0.29, 0.717) is 70.7 Å². The van der Waals surface area contributed by atoms with Crippen LogP contribution in [-0.4, -0.2) is 72.6 Å². The first-order valence-electron chi connectivity index (χ1n) is 14.9. The standard InChI is InChI=1S/C32H41FN6O5/c1-18(2)23-24-21(15-34-26(25(24)33)19-10-12-37(13-11-19)29(40)43-31(3,4)5)39(30(41)44-32(6,7)8)27(23)20-14-22(42-9)28-35-17-36-38(28)16-20/h14-19H,10-13H2,1-9H3. The van der Waals surface area contributed by atoms with Gasteiger partial charge in [0.1, 0.15) is 17.5 Å². The van der Waals surface area contributed by atoms with E-state index in [0.717, 1.165) is 0 Å². The van der Waals surface area contributed by atoms with Crippen molar-refractivity contribution in [3.8, 4) is 17.0 Å². The van der Waals surface area contributed by atoms with Gasteiger partial charge in [0.15, 0.2) is 17.2 Å². The molecule has 11 nitrogen and oxygen atoms in total. The van der Waals surface area contributed by atoms with Gasteiger partial charge < -0.3 is 19.1 Å². The van der Waals surface area contributed by atoms with Crippen LogP contribution in [0.5, 0.6) is 5.75 Å². The van der Waals surface area contributed by atoms with Crippen molar-refractivity contribution in [3.63, 3.8) is 0 Å². The molecule has 1 aliphatic heterocycles. The van der Waals surface area contributed by atoms with Gasteiger partial charge in [0.05, 0.1) is 30.2 Å². The Labute approximate surface area is 256 Å². The maximum absolute atomic E-state index is 16.8. The number of amides is 1. The van der Waals surface area contributed by atoms with Gasteiger partial charge in [-0.15, -0.1) is 0 Å². The van der Waals surface area contributed by atoms with Crippen molar-refractivity contribution in [1.82, 2.24) is 29.0 Å². The van der Waals surface area contributed by atoms with Crippen molar-refractivity contribution in [2.75, 3.05) is 20.2 Å². The molecule has 0 aliphatic carbocycles. The number of ether oxygens (including phenoxy) is 3. The highest BCUT2D eigenvalue weighted by molar-refractivity contribution is 6.00. The second kappa shape index (κ2) is 11.4. The predicted molar refractivity (Wildman–Crippen MR) is 164 cm³/mol. The molecule has 4 aromatic rings. The molecule has 0 atom stereocenters. The summed E-state index contributed by atoms with van der Waals surface area (Å²) in [6.45, 7) is 15.6. The van der Waals surface area contributed by atoms with Crippen LogP contribution in [0, 0.1) is 5.82 Å². The van der Waals surface area contributed by atoms with Crippen LogP contribution in [0.3, 0.4) is 0 Å². The lowest BCUT2D eigenvalue weighted by atomic mass is 9.90. The summed E-state index contributed by atoms with van der Waals surface area (Å²) in [6.07, 6.45) is 4.75. The number of likely N-dealkylation sites (tertiary alicyclic amines) is 1. The largest absolute Gasteiger partial charge is 0.493 e. The fourth-order valence-electron chi connectivity index (χ4n) is 5.74. The van der Waals surface area contributed by atoms with E-state index in [-0.39, 0.29) is 17.9 Å². The molecule has 5 heterocycles. The molecular formula is C32H41FN6O5. The Morgan fingerprint density at radius 3 is 2.23 bits per heavy atom. The highest BCUT2D eigenvalue weighted by Crippen LogP contribution is 2.43. The fraction of sp³-hybridized carbons (Fsp3) is 0.531. The van der Waals surface area contributed by atoms with E-state index >= 15 is 4.39 Å². The summed E-state index contributed by atoms with van der Waals surface area (Å²) in [5, 5.41) is 4.60. The van der Waals surface area contributed by atoms with Crippen LogP contribution in [0.1, 0.15) is 91.3 Å². The molecule has 0 unspecified atom stereocenters. The topological polar surface area (TPSA) is 113 Å². The van der Waals surface area contributed by atoms with Gasteiger partial charge in [0.2, 0.25) is 0 Å². The van der Waals surface area contributed by atoms with Crippen LogP contribution in [0.15, 0.2) is 24.8 Å². The molecule has 236 valence electrons. The van der Waals surface area contributed by atoms with Gasteiger partial charge in [0, 0.05) is 36.2 Å². The van der Waals surface area contributed by atoms with Crippen molar-refractivity contribution in [1.29, 1.82) is 0 Å². The summed E-state index contributed by atoms with van der Waals surface area (Å²) < 4.78 is 36.8. The average Bonchev–Trinajstić information content (AvgIpc) is 3.54. The predicted octanol–water partition coefficient (Wildman–Crippen LogP) is 6.91. The summed E-state index contributed by atoms with van der Waals surface area (Å²) in [6, 6.07) is 1.77. The Bertz CT molecular complexity index is 1720. The van der Waals surface area contributed by atoms with Crippen LogP contribution in [0.4, 0.5) is 14.0 Å². The molecule has 5 rings (SSSR count). The number of rotatable bonds is 4. The summed E-state index contributed by atoms with van der Waals surface area (Å²) in [4.78, 5) is 37.0. The molecule has 0 aromatic carbocycles. The highest BCUT2D eigenvalue weighted by Gasteiger charge is 2.34. The molecule has 0 bridgehead atoms. The van der Waals surface area contributed by atoms with Gasteiger partial charge in [-0.3, -0.25) is 4.98 Å². The lowest BCUT2D eigenvalue weighted by molar-refractivity contribution is 0.0203. The fourth-order valence-corrected chi connectivity index (χ4v) is 5.74. The molecule has 1 aliphatic rings. The molecule has 0 saturated carbocycles. The SMILES string of the molecule is COc1cc(-c2c(C(C)C)c3c(F)c(C4CCN(C(=O)OC(C)(C)C)CC4)ncc3n2C(=O)OC(C)(C)C)cn2ncnc12. The van der Waals surface area contributed by atoms with Crippen LogP contribution in [0.25, 0.3) is 27.8 Å². The summed E-state index contributed by atoms with van der Waals surface area (Å²) >= 11 is 0. The lowest BCUT2D eigenvalue weighted by Crippen LogP contribution is -2.41. The third kappa shape index (κ3) is 5.94. The van der Waals surface area contributed by atoms with Crippen molar-refractivity contribution in [2.24, 2.45) is 0 Å². The van der Waals surface area contributed by atoms with E-state index in [4.69, 9.17) is 14.2 Å². The van der Waals surface area contributed by atoms with Crippen molar-refractivity contribution < 1.29 is 28.2 Å².